The van der Waals surface area contributed by atoms with E-state index in [-0.39, 0.29) is 5.54 Å². The molecule has 0 aliphatic carbocycles. The van der Waals surface area contributed by atoms with E-state index < -0.39 is 0 Å². The summed E-state index contributed by atoms with van der Waals surface area (Å²) < 4.78 is 0. The van der Waals surface area contributed by atoms with Crippen LogP contribution in [-0.2, 0) is 6.42 Å². The van der Waals surface area contributed by atoms with Crippen LogP contribution in [-0.4, -0.2) is 21.5 Å². The lowest BCUT2D eigenvalue weighted by Gasteiger charge is -2.26. The number of para-hydroxylation sites is 1. The van der Waals surface area contributed by atoms with Crippen molar-refractivity contribution >= 4 is 17.3 Å². The van der Waals surface area contributed by atoms with Gasteiger partial charge in [0.25, 0.3) is 0 Å². The molecular formula is C18H24N4. The standard InChI is InChI=1S/C18H24N4/c1-12-10-14-8-6-7-9-15(14)22(12)17-11-16(19-13(2)20-17)21-18(3,4)5/h6-9,11-12H,10H2,1-5H3,(H,19,20,21). The van der Waals surface area contributed by atoms with E-state index >= 15 is 0 Å². The molecule has 0 saturated heterocycles. The lowest BCUT2D eigenvalue weighted by atomic mass is 10.1. The fourth-order valence-electron chi connectivity index (χ4n) is 3.04. The smallest absolute Gasteiger partial charge is 0.139 e. The number of nitrogens with zero attached hydrogens (tertiary/aromatic N) is 3. The van der Waals surface area contributed by atoms with Gasteiger partial charge in [-0.3, -0.25) is 0 Å². The Morgan fingerprint density at radius 2 is 1.91 bits per heavy atom. The Morgan fingerprint density at radius 1 is 1.18 bits per heavy atom. The molecule has 1 aliphatic heterocycles. The van der Waals surface area contributed by atoms with Crippen molar-refractivity contribution in [2.45, 2.75) is 52.6 Å². The van der Waals surface area contributed by atoms with Crippen LogP contribution in [0.25, 0.3) is 0 Å². The zero-order chi connectivity index (χ0) is 15.9. The summed E-state index contributed by atoms with van der Waals surface area (Å²) in [7, 11) is 0. The fraction of sp³-hybridized carbons (Fsp3) is 0.444. The summed E-state index contributed by atoms with van der Waals surface area (Å²) in [6, 6.07) is 11.0. The van der Waals surface area contributed by atoms with Crippen LogP contribution >= 0.6 is 0 Å². The molecule has 0 fully saturated rings. The van der Waals surface area contributed by atoms with Crippen LogP contribution in [0, 0.1) is 6.92 Å². The van der Waals surface area contributed by atoms with E-state index in [1.165, 1.54) is 11.3 Å². The molecule has 0 saturated carbocycles. The van der Waals surface area contributed by atoms with E-state index in [4.69, 9.17) is 0 Å². The molecule has 22 heavy (non-hydrogen) atoms. The SMILES string of the molecule is Cc1nc(NC(C)(C)C)cc(N2c3ccccc3CC2C)n1. The van der Waals surface area contributed by atoms with Crippen LogP contribution in [0.3, 0.4) is 0 Å². The van der Waals surface area contributed by atoms with Crippen molar-refractivity contribution in [1.29, 1.82) is 0 Å². The fourth-order valence-corrected chi connectivity index (χ4v) is 3.04. The van der Waals surface area contributed by atoms with E-state index in [1.807, 2.05) is 6.92 Å². The average molecular weight is 296 g/mol. The van der Waals surface area contributed by atoms with Crippen LogP contribution < -0.4 is 10.2 Å². The number of anilines is 3. The topological polar surface area (TPSA) is 41.1 Å². The first kappa shape index (κ1) is 14.8. The van der Waals surface area contributed by atoms with Gasteiger partial charge in [0.2, 0.25) is 0 Å². The highest BCUT2D eigenvalue weighted by molar-refractivity contribution is 5.70. The van der Waals surface area contributed by atoms with Gasteiger partial charge in [-0.25, -0.2) is 9.97 Å². The molecule has 1 unspecified atom stereocenters. The van der Waals surface area contributed by atoms with E-state index in [9.17, 15) is 0 Å². The number of rotatable bonds is 2. The molecule has 2 aromatic rings. The van der Waals surface area contributed by atoms with Gasteiger partial charge < -0.3 is 10.2 Å². The predicted molar refractivity (Wildman–Crippen MR) is 91.9 cm³/mol. The van der Waals surface area contributed by atoms with Gasteiger partial charge in [-0.05, 0) is 52.7 Å². The molecule has 3 rings (SSSR count). The molecule has 0 bridgehead atoms. The number of benzene rings is 1. The lowest BCUT2D eigenvalue weighted by molar-refractivity contribution is 0.629. The van der Waals surface area contributed by atoms with Gasteiger partial charge in [0.15, 0.2) is 0 Å². The Kier molecular flexibility index (Phi) is 3.55. The highest BCUT2D eigenvalue weighted by atomic mass is 15.2. The van der Waals surface area contributed by atoms with Crippen LogP contribution in [0.4, 0.5) is 17.3 Å². The van der Waals surface area contributed by atoms with Crippen LogP contribution in [0.5, 0.6) is 0 Å². The van der Waals surface area contributed by atoms with Gasteiger partial charge in [0.05, 0.1) is 0 Å². The summed E-state index contributed by atoms with van der Waals surface area (Å²) in [4.78, 5) is 11.5. The molecule has 2 heterocycles. The summed E-state index contributed by atoms with van der Waals surface area (Å²) in [5, 5.41) is 3.45. The van der Waals surface area contributed by atoms with Crippen molar-refractivity contribution in [3.05, 3.63) is 41.7 Å². The van der Waals surface area contributed by atoms with Crippen LogP contribution in [0.2, 0.25) is 0 Å². The zero-order valence-electron chi connectivity index (χ0n) is 14.0. The Balaban J connectivity index is 2.02. The second-order valence-electron chi connectivity index (χ2n) is 7.09. The molecule has 0 radical (unpaired) electrons. The normalized spacial score (nSPS) is 17.5. The maximum absolute atomic E-state index is 4.67. The Hall–Kier alpha value is -2.10. The molecule has 1 aliphatic rings. The molecule has 1 N–H and O–H groups in total. The molecule has 0 spiro atoms. The minimum atomic E-state index is -0.0212. The van der Waals surface area contributed by atoms with E-state index in [0.29, 0.717) is 6.04 Å². The van der Waals surface area contributed by atoms with Crippen molar-refractivity contribution in [2.75, 3.05) is 10.2 Å². The summed E-state index contributed by atoms with van der Waals surface area (Å²) in [6.45, 7) is 10.6. The second-order valence-corrected chi connectivity index (χ2v) is 7.09. The van der Waals surface area contributed by atoms with Crippen molar-refractivity contribution in [2.24, 2.45) is 0 Å². The number of hydrogen-bond acceptors (Lipinski definition) is 4. The van der Waals surface area contributed by atoms with Crippen molar-refractivity contribution < 1.29 is 0 Å². The first-order valence-corrected chi connectivity index (χ1v) is 7.84. The third-order valence-corrected chi connectivity index (χ3v) is 3.78. The Morgan fingerprint density at radius 3 is 2.64 bits per heavy atom. The van der Waals surface area contributed by atoms with Gasteiger partial charge in [-0.15, -0.1) is 0 Å². The molecule has 4 nitrogen and oxygen atoms in total. The number of nitrogens with one attached hydrogen (secondary N) is 1. The quantitative estimate of drug-likeness (QED) is 0.906. The van der Waals surface area contributed by atoms with Gasteiger partial charge in [0.1, 0.15) is 17.5 Å². The van der Waals surface area contributed by atoms with E-state index in [0.717, 1.165) is 23.9 Å². The summed E-state index contributed by atoms with van der Waals surface area (Å²) in [6.07, 6.45) is 1.06. The Bertz CT molecular complexity index is 688. The molecular weight excluding hydrogens is 272 g/mol. The highest BCUT2D eigenvalue weighted by Gasteiger charge is 2.28. The number of fused-ring (bicyclic) bond motifs is 1. The van der Waals surface area contributed by atoms with Crippen LogP contribution in [0.1, 0.15) is 39.1 Å². The summed E-state index contributed by atoms with van der Waals surface area (Å²) in [5.41, 5.74) is 2.62. The highest BCUT2D eigenvalue weighted by Crippen LogP contribution is 2.37. The molecule has 1 atom stereocenters. The number of aryl methyl sites for hydroxylation is 1. The first-order chi connectivity index (χ1) is 10.3. The molecule has 1 aromatic carbocycles. The third-order valence-electron chi connectivity index (χ3n) is 3.78. The summed E-state index contributed by atoms with van der Waals surface area (Å²) in [5.74, 6) is 2.64. The predicted octanol–water partition coefficient (Wildman–Crippen LogP) is 4.08. The monoisotopic (exact) mass is 296 g/mol. The lowest BCUT2D eigenvalue weighted by Crippen LogP contribution is -2.28. The number of hydrogen-bond donors (Lipinski definition) is 1. The van der Waals surface area contributed by atoms with E-state index in [1.54, 1.807) is 0 Å². The molecule has 4 heteroatoms. The maximum Gasteiger partial charge on any atom is 0.139 e. The van der Waals surface area contributed by atoms with Crippen LogP contribution in [0.15, 0.2) is 30.3 Å². The van der Waals surface area contributed by atoms with Gasteiger partial charge in [-0.1, -0.05) is 18.2 Å². The second kappa shape index (κ2) is 5.27. The van der Waals surface area contributed by atoms with Crippen molar-refractivity contribution in [3.63, 3.8) is 0 Å². The largest absolute Gasteiger partial charge is 0.365 e. The van der Waals surface area contributed by atoms with Gasteiger partial charge in [0, 0.05) is 23.3 Å². The van der Waals surface area contributed by atoms with Gasteiger partial charge >= 0.3 is 0 Å². The zero-order valence-corrected chi connectivity index (χ0v) is 14.0. The molecule has 116 valence electrons. The average Bonchev–Trinajstić information content (AvgIpc) is 2.71. The third kappa shape index (κ3) is 2.91. The maximum atomic E-state index is 4.67. The minimum absolute atomic E-state index is 0.0212. The van der Waals surface area contributed by atoms with Gasteiger partial charge in [-0.2, -0.15) is 0 Å². The van der Waals surface area contributed by atoms with Crippen molar-refractivity contribution in [1.82, 2.24) is 9.97 Å². The first-order valence-electron chi connectivity index (χ1n) is 7.84. The number of aromatic nitrogens is 2. The summed E-state index contributed by atoms with van der Waals surface area (Å²) >= 11 is 0. The molecule has 0 amide bonds. The van der Waals surface area contributed by atoms with Crippen molar-refractivity contribution in [3.8, 4) is 0 Å². The molecule has 1 aromatic heterocycles. The minimum Gasteiger partial charge on any atom is -0.365 e. The Labute approximate surface area is 132 Å². The van der Waals surface area contributed by atoms with E-state index in [2.05, 4.69) is 78.2 Å².